The molecule has 0 aliphatic carbocycles. The first kappa shape index (κ1) is 11.1. The van der Waals surface area contributed by atoms with Gasteiger partial charge >= 0.3 is 0 Å². The van der Waals surface area contributed by atoms with E-state index in [1.165, 1.54) is 0 Å². The molecule has 15 heavy (non-hydrogen) atoms. The van der Waals surface area contributed by atoms with Crippen molar-refractivity contribution in [3.8, 4) is 0 Å². The van der Waals surface area contributed by atoms with Gasteiger partial charge in [0.25, 0.3) is 0 Å². The van der Waals surface area contributed by atoms with Crippen molar-refractivity contribution < 1.29 is 9.26 Å². The van der Waals surface area contributed by atoms with E-state index in [1.807, 2.05) is 6.07 Å². The Balaban J connectivity index is 1.94. The van der Waals surface area contributed by atoms with Crippen LogP contribution in [0.4, 0.5) is 0 Å². The van der Waals surface area contributed by atoms with Crippen molar-refractivity contribution in [2.24, 2.45) is 0 Å². The van der Waals surface area contributed by atoms with Crippen LogP contribution < -0.4 is 0 Å². The van der Waals surface area contributed by atoms with Crippen LogP contribution in [0.3, 0.4) is 0 Å². The zero-order valence-corrected chi connectivity index (χ0v) is 10.5. The number of rotatable bonds is 3. The van der Waals surface area contributed by atoms with Crippen LogP contribution in [0.1, 0.15) is 19.1 Å². The van der Waals surface area contributed by atoms with Crippen molar-refractivity contribution in [2.45, 2.75) is 32.0 Å². The maximum Gasteiger partial charge on any atom is 0.151 e. The summed E-state index contributed by atoms with van der Waals surface area (Å²) in [6, 6.07) is 2.38. The molecular formula is C10H15BrN2O2. The normalized spacial score (nSPS) is 26.4. The molecule has 0 bridgehead atoms. The Morgan fingerprint density at radius 3 is 3.00 bits per heavy atom. The Bertz CT molecular complexity index is 329. The van der Waals surface area contributed by atoms with Gasteiger partial charge in [-0.1, -0.05) is 5.16 Å². The molecule has 0 spiro atoms. The molecule has 4 nitrogen and oxygen atoms in total. The lowest BCUT2D eigenvalue weighted by atomic mass is 10.1. The minimum Gasteiger partial charge on any atom is -0.377 e. The summed E-state index contributed by atoms with van der Waals surface area (Å²) in [5.74, 6) is 0.878. The molecule has 1 aliphatic rings. The van der Waals surface area contributed by atoms with E-state index in [-0.39, 0.29) is 0 Å². The lowest BCUT2D eigenvalue weighted by Gasteiger charge is -2.25. The van der Waals surface area contributed by atoms with Gasteiger partial charge in [0.15, 0.2) is 5.76 Å². The average Bonchev–Trinajstić information content (AvgIpc) is 2.75. The topological polar surface area (TPSA) is 38.5 Å². The first-order valence-electron chi connectivity index (χ1n) is 5.10. The van der Waals surface area contributed by atoms with Gasteiger partial charge in [-0.3, -0.25) is 4.90 Å². The van der Waals surface area contributed by atoms with Crippen LogP contribution >= 0.6 is 15.9 Å². The highest BCUT2D eigenvalue weighted by Gasteiger charge is 2.28. The summed E-state index contributed by atoms with van der Waals surface area (Å²) in [6.07, 6.45) is 1.40. The number of hydrogen-bond acceptors (Lipinski definition) is 4. The second kappa shape index (κ2) is 4.63. The predicted octanol–water partition coefficient (Wildman–Crippen LogP) is 2.05. The molecule has 2 rings (SSSR count). The van der Waals surface area contributed by atoms with Crippen molar-refractivity contribution in [2.75, 3.05) is 13.7 Å². The van der Waals surface area contributed by atoms with Gasteiger partial charge in [-0.2, -0.15) is 0 Å². The molecular weight excluding hydrogens is 260 g/mol. The van der Waals surface area contributed by atoms with Crippen molar-refractivity contribution in [1.29, 1.82) is 0 Å². The first-order valence-corrected chi connectivity index (χ1v) is 5.89. The molecule has 2 atom stereocenters. The lowest BCUT2D eigenvalue weighted by molar-refractivity contribution is 0.0783. The number of nitrogens with zero attached hydrogens (tertiary/aromatic N) is 2. The maximum atomic E-state index is 5.53. The van der Waals surface area contributed by atoms with Crippen molar-refractivity contribution >= 4 is 15.9 Å². The quantitative estimate of drug-likeness (QED) is 0.846. The fourth-order valence-corrected chi connectivity index (χ4v) is 2.35. The van der Waals surface area contributed by atoms with Crippen LogP contribution in [0.25, 0.3) is 0 Å². The molecule has 84 valence electrons. The third-order valence-electron chi connectivity index (χ3n) is 2.84. The maximum absolute atomic E-state index is 5.53. The summed E-state index contributed by atoms with van der Waals surface area (Å²) >= 11 is 3.27. The third-order valence-corrected chi connectivity index (χ3v) is 3.21. The van der Waals surface area contributed by atoms with Gasteiger partial charge in [-0.25, -0.2) is 0 Å². The van der Waals surface area contributed by atoms with E-state index in [0.29, 0.717) is 12.1 Å². The number of aromatic nitrogens is 1. The predicted molar refractivity (Wildman–Crippen MR) is 59.5 cm³/mol. The van der Waals surface area contributed by atoms with E-state index in [0.717, 1.165) is 29.9 Å². The first-order chi connectivity index (χ1) is 7.16. The monoisotopic (exact) mass is 274 g/mol. The SMILES string of the molecule is CC1OCCC1N(C)Cc1cc(Br)no1. The van der Waals surface area contributed by atoms with E-state index >= 15 is 0 Å². The highest BCUT2D eigenvalue weighted by Crippen LogP contribution is 2.20. The third kappa shape index (κ3) is 2.59. The van der Waals surface area contributed by atoms with E-state index in [4.69, 9.17) is 9.26 Å². The number of ether oxygens (including phenoxy) is 1. The fraction of sp³-hybridized carbons (Fsp3) is 0.700. The molecule has 0 amide bonds. The van der Waals surface area contributed by atoms with Crippen LogP contribution in [0.15, 0.2) is 15.2 Å². The summed E-state index contributed by atoms with van der Waals surface area (Å²) in [4.78, 5) is 2.25. The number of likely N-dealkylation sites (N-methyl/N-ethyl adjacent to an activating group) is 1. The highest BCUT2D eigenvalue weighted by molar-refractivity contribution is 9.10. The molecule has 1 saturated heterocycles. The average molecular weight is 275 g/mol. The molecule has 1 aromatic heterocycles. The Kier molecular flexibility index (Phi) is 3.43. The van der Waals surface area contributed by atoms with Crippen LogP contribution in [0.2, 0.25) is 0 Å². The summed E-state index contributed by atoms with van der Waals surface area (Å²) in [7, 11) is 2.09. The summed E-state index contributed by atoms with van der Waals surface area (Å²) < 4.78 is 11.4. The molecule has 0 N–H and O–H groups in total. The molecule has 5 heteroatoms. The van der Waals surface area contributed by atoms with Gasteiger partial charge in [0, 0.05) is 18.7 Å². The molecule has 1 aromatic rings. The highest BCUT2D eigenvalue weighted by atomic mass is 79.9. The van der Waals surface area contributed by atoms with Crippen LogP contribution in [0, 0.1) is 0 Å². The minimum absolute atomic E-state index is 0.307. The Hall–Kier alpha value is -0.390. The van der Waals surface area contributed by atoms with Gasteiger partial charge in [-0.15, -0.1) is 0 Å². The number of hydrogen-bond donors (Lipinski definition) is 0. The molecule has 1 aliphatic heterocycles. The standard InChI is InChI=1S/C10H15BrN2O2/c1-7-9(3-4-14-7)13(2)6-8-5-10(11)12-15-8/h5,7,9H,3-4,6H2,1-2H3. The number of halogens is 1. The Morgan fingerprint density at radius 2 is 2.47 bits per heavy atom. The zero-order valence-electron chi connectivity index (χ0n) is 8.94. The van der Waals surface area contributed by atoms with Crippen LogP contribution in [-0.2, 0) is 11.3 Å². The summed E-state index contributed by atoms with van der Waals surface area (Å²) in [5, 5.41) is 3.80. The van der Waals surface area contributed by atoms with Crippen molar-refractivity contribution in [1.82, 2.24) is 10.1 Å². The molecule has 2 heterocycles. The van der Waals surface area contributed by atoms with Gasteiger partial charge < -0.3 is 9.26 Å². The van der Waals surface area contributed by atoms with Crippen LogP contribution in [-0.4, -0.2) is 35.9 Å². The van der Waals surface area contributed by atoms with Crippen molar-refractivity contribution in [3.05, 3.63) is 16.4 Å². The molecule has 0 radical (unpaired) electrons. The molecule has 0 saturated carbocycles. The lowest BCUT2D eigenvalue weighted by Crippen LogP contribution is -2.36. The summed E-state index contributed by atoms with van der Waals surface area (Å²) in [6.45, 7) is 3.75. The minimum atomic E-state index is 0.307. The summed E-state index contributed by atoms with van der Waals surface area (Å²) in [5.41, 5.74) is 0. The van der Waals surface area contributed by atoms with Gasteiger partial charge in [0.1, 0.15) is 4.60 Å². The van der Waals surface area contributed by atoms with Crippen LogP contribution in [0.5, 0.6) is 0 Å². The molecule has 2 unspecified atom stereocenters. The van der Waals surface area contributed by atoms with E-state index in [2.05, 4.69) is 40.0 Å². The van der Waals surface area contributed by atoms with E-state index in [1.54, 1.807) is 0 Å². The smallest absolute Gasteiger partial charge is 0.151 e. The van der Waals surface area contributed by atoms with Gasteiger partial charge in [-0.05, 0) is 36.3 Å². The Morgan fingerprint density at radius 1 is 1.67 bits per heavy atom. The van der Waals surface area contributed by atoms with Gasteiger partial charge in [0.2, 0.25) is 0 Å². The van der Waals surface area contributed by atoms with Gasteiger partial charge in [0.05, 0.1) is 12.6 Å². The second-order valence-electron chi connectivity index (χ2n) is 3.96. The molecule has 1 fully saturated rings. The zero-order chi connectivity index (χ0) is 10.8. The van der Waals surface area contributed by atoms with Crippen molar-refractivity contribution in [3.63, 3.8) is 0 Å². The molecule has 0 aromatic carbocycles. The second-order valence-corrected chi connectivity index (χ2v) is 4.78. The Labute approximate surface area is 97.7 Å². The van der Waals surface area contributed by atoms with E-state index in [9.17, 15) is 0 Å². The van der Waals surface area contributed by atoms with E-state index < -0.39 is 0 Å². The largest absolute Gasteiger partial charge is 0.377 e. The fourth-order valence-electron chi connectivity index (χ4n) is 2.02.